The maximum absolute atomic E-state index is 11.4. The van der Waals surface area contributed by atoms with Gasteiger partial charge in [-0.15, -0.1) is 0 Å². The molecule has 0 aliphatic heterocycles. The first-order chi connectivity index (χ1) is 11.7. The summed E-state index contributed by atoms with van der Waals surface area (Å²) in [5, 5.41) is 10.9. The van der Waals surface area contributed by atoms with Crippen LogP contribution in [0.25, 0.3) is 33.1 Å². The van der Waals surface area contributed by atoms with Gasteiger partial charge in [0.25, 0.3) is 0 Å². The van der Waals surface area contributed by atoms with Gasteiger partial charge in [-0.05, 0) is 5.56 Å². The molecule has 0 aliphatic carbocycles. The first-order valence-corrected chi connectivity index (χ1v) is 7.45. The summed E-state index contributed by atoms with van der Waals surface area (Å²) in [6.07, 6.45) is 1.36. The van der Waals surface area contributed by atoms with Crippen molar-refractivity contribution in [3.8, 4) is 11.1 Å². The van der Waals surface area contributed by atoms with Gasteiger partial charge in [0.05, 0.1) is 10.9 Å². The van der Waals surface area contributed by atoms with E-state index >= 15 is 0 Å². The van der Waals surface area contributed by atoms with Crippen LogP contribution in [0.2, 0.25) is 0 Å². The van der Waals surface area contributed by atoms with Gasteiger partial charge in [-0.2, -0.15) is 0 Å². The summed E-state index contributed by atoms with van der Waals surface area (Å²) >= 11 is 0. The van der Waals surface area contributed by atoms with E-state index in [0.29, 0.717) is 16.9 Å². The van der Waals surface area contributed by atoms with Crippen LogP contribution in [0.5, 0.6) is 0 Å². The van der Waals surface area contributed by atoms with Gasteiger partial charge >= 0.3 is 5.97 Å². The van der Waals surface area contributed by atoms with Crippen molar-refractivity contribution < 1.29 is 9.90 Å². The van der Waals surface area contributed by atoms with Crippen molar-refractivity contribution in [1.82, 2.24) is 14.5 Å². The maximum Gasteiger partial charge on any atom is 0.323 e. The van der Waals surface area contributed by atoms with Crippen LogP contribution >= 0.6 is 0 Å². The number of carboxylic acids is 1. The number of hydrogen-bond donors (Lipinski definition) is 2. The van der Waals surface area contributed by atoms with Crippen LogP contribution in [0.15, 0.2) is 54.9 Å². The number of carbonyl (C=O) groups is 1. The van der Waals surface area contributed by atoms with Gasteiger partial charge in [0.2, 0.25) is 0 Å². The molecule has 24 heavy (non-hydrogen) atoms. The van der Waals surface area contributed by atoms with Gasteiger partial charge in [-0.1, -0.05) is 48.5 Å². The molecule has 0 saturated heterocycles. The number of nitrogens with two attached hydrogens (primary N) is 1. The number of benzene rings is 2. The lowest BCUT2D eigenvalue weighted by Crippen LogP contribution is -2.09. The third-order valence-electron chi connectivity index (χ3n) is 4.07. The van der Waals surface area contributed by atoms with Crippen LogP contribution in [0.4, 0.5) is 5.82 Å². The first kappa shape index (κ1) is 14.2. The maximum atomic E-state index is 11.4. The van der Waals surface area contributed by atoms with Crippen molar-refractivity contribution in [2.45, 2.75) is 6.54 Å². The second-order valence-electron chi connectivity index (χ2n) is 5.51. The van der Waals surface area contributed by atoms with Crippen molar-refractivity contribution in [3.63, 3.8) is 0 Å². The number of hydrogen-bond acceptors (Lipinski definition) is 4. The molecular weight excluding hydrogens is 304 g/mol. The largest absolute Gasteiger partial charge is 0.480 e. The van der Waals surface area contributed by atoms with E-state index in [9.17, 15) is 9.90 Å². The molecule has 2 heterocycles. The molecule has 0 unspecified atom stereocenters. The van der Waals surface area contributed by atoms with E-state index < -0.39 is 5.97 Å². The Kier molecular flexibility index (Phi) is 3.16. The predicted molar refractivity (Wildman–Crippen MR) is 92.5 cm³/mol. The first-order valence-electron chi connectivity index (χ1n) is 7.45. The van der Waals surface area contributed by atoms with E-state index in [0.717, 1.165) is 22.0 Å². The number of anilines is 1. The summed E-state index contributed by atoms with van der Waals surface area (Å²) in [4.78, 5) is 19.7. The lowest BCUT2D eigenvalue weighted by Gasteiger charge is -2.08. The molecule has 118 valence electrons. The molecule has 0 bridgehead atoms. The molecule has 3 N–H and O–H groups in total. The molecule has 4 aromatic rings. The van der Waals surface area contributed by atoms with E-state index in [1.165, 1.54) is 6.33 Å². The molecule has 0 aliphatic rings. The van der Waals surface area contributed by atoms with Gasteiger partial charge < -0.3 is 15.4 Å². The predicted octanol–water partition coefficient (Wildman–Crippen LogP) is 2.92. The summed E-state index contributed by atoms with van der Waals surface area (Å²) in [7, 11) is 0. The second kappa shape index (κ2) is 5.34. The Labute approximate surface area is 137 Å². The van der Waals surface area contributed by atoms with E-state index in [-0.39, 0.29) is 6.54 Å². The van der Waals surface area contributed by atoms with E-state index in [1.54, 1.807) is 4.57 Å². The van der Waals surface area contributed by atoms with Gasteiger partial charge in [0.15, 0.2) is 0 Å². The van der Waals surface area contributed by atoms with E-state index in [4.69, 9.17) is 5.73 Å². The highest BCUT2D eigenvalue weighted by molar-refractivity contribution is 6.15. The fourth-order valence-corrected chi connectivity index (χ4v) is 3.13. The summed E-state index contributed by atoms with van der Waals surface area (Å²) in [6, 6.07) is 15.7. The molecule has 2 aromatic heterocycles. The Morgan fingerprint density at radius 2 is 1.88 bits per heavy atom. The molecule has 6 heteroatoms. The number of nitrogen functional groups attached to an aromatic ring is 1. The Balaban J connectivity index is 2.19. The van der Waals surface area contributed by atoms with Gasteiger partial charge in [-0.3, -0.25) is 4.79 Å². The molecule has 0 radical (unpaired) electrons. The number of para-hydroxylation sites is 1. The van der Waals surface area contributed by atoms with Crippen molar-refractivity contribution in [1.29, 1.82) is 0 Å². The number of rotatable bonds is 3. The smallest absolute Gasteiger partial charge is 0.323 e. The fourth-order valence-electron chi connectivity index (χ4n) is 3.13. The van der Waals surface area contributed by atoms with Crippen LogP contribution < -0.4 is 5.73 Å². The van der Waals surface area contributed by atoms with Crippen molar-refractivity contribution >= 4 is 33.7 Å². The summed E-state index contributed by atoms with van der Waals surface area (Å²) < 4.78 is 1.69. The zero-order valence-corrected chi connectivity index (χ0v) is 12.7. The van der Waals surface area contributed by atoms with Crippen molar-refractivity contribution in [2.24, 2.45) is 0 Å². The number of carboxylic acid groups (broad SMARTS) is 1. The molecular formula is C18H14N4O2. The summed E-state index contributed by atoms with van der Waals surface area (Å²) in [6.45, 7) is -0.194. The average Bonchev–Trinajstić information content (AvgIpc) is 2.90. The van der Waals surface area contributed by atoms with Crippen LogP contribution in [-0.4, -0.2) is 25.6 Å². The normalized spacial score (nSPS) is 11.2. The minimum absolute atomic E-state index is 0.194. The van der Waals surface area contributed by atoms with Gasteiger partial charge in [-0.25, -0.2) is 9.97 Å². The zero-order valence-electron chi connectivity index (χ0n) is 12.7. The standard InChI is InChI=1S/C18H14N4O2/c19-17-15-13-8-4-7-12(11-5-2-1-3-6-11)16(13)22(9-14(23)24)18(15)21-10-20-17/h1-8,10H,9H2,(H,23,24)(H2,19,20,21). The highest BCUT2D eigenvalue weighted by Gasteiger charge is 2.19. The van der Waals surface area contributed by atoms with Crippen LogP contribution in [0.1, 0.15) is 0 Å². The minimum atomic E-state index is -0.936. The van der Waals surface area contributed by atoms with Crippen molar-refractivity contribution in [2.75, 3.05) is 5.73 Å². The Bertz CT molecular complexity index is 1070. The number of aromatic nitrogens is 3. The minimum Gasteiger partial charge on any atom is -0.480 e. The zero-order chi connectivity index (χ0) is 16.7. The van der Waals surface area contributed by atoms with Crippen molar-refractivity contribution in [3.05, 3.63) is 54.9 Å². The molecule has 0 saturated carbocycles. The molecule has 0 amide bonds. The van der Waals surface area contributed by atoms with Crippen LogP contribution in [0, 0.1) is 0 Å². The summed E-state index contributed by atoms with van der Waals surface area (Å²) in [5.74, 6) is -0.590. The van der Waals surface area contributed by atoms with Gasteiger partial charge in [0, 0.05) is 10.9 Å². The lowest BCUT2D eigenvalue weighted by atomic mass is 10.0. The van der Waals surface area contributed by atoms with E-state index in [1.807, 2.05) is 48.5 Å². The number of aliphatic carboxylic acids is 1. The lowest BCUT2D eigenvalue weighted by molar-refractivity contribution is -0.137. The topological polar surface area (TPSA) is 94.0 Å². The monoisotopic (exact) mass is 318 g/mol. The molecule has 0 spiro atoms. The number of nitrogens with zero attached hydrogens (tertiary/aromatic N) is 3. The molecule has 6 nitrogen and oxygen atoms in total. The third kappa shape index (κ3) is 2.08. The van der Waals surface area contributed by atoms with E-state index in [2.05, 4.69) is 9.97 Å². The average molecular weight is 318 g/mol. The van der Waals surface area contributed by atoms with Gasteiger partial charge in [0.1, 0.15) is 24.3 Å². The molecule has 4 rings (SSSR count). The molecule has 0 atom stereocenters. The Hall–Kier alpha value is -3.41. The quantitative estimate of drug-likeness (QED) is 0.605. The summed E-state index contributed by atoms with van der Waals surface area (Å²) in [5.41, 5.74) is 9.31. The second-order valence-corrected chi connectivity index (χ2v) is 5.51. The SMILES string of the molecule is Nc1ncnc2c1c1cccc(-c3ccccc3)c1n2CC(=O)O. The highest BCUT2D eigenvalue weighted by Crippen LogP contribution is 2.36. The van der Waals surface area contributed by atoms with Crippen LogP contribution in [0.3, 0.4) is 0 Å². The third-order valence-corrected chi connectivity index (χ3v) is 4.07. The Morgan fingerprint density at radius 1 is 1.08 bits per heavy atom. The molecule has 2 aromatic carbocycles. The number of fused-ring (bicyclic) bond motifs is 3. The fraction of sp³-hybridized carbons (Fsp3) is 0.0556. The highest BCUT2D eigenvalue weighted by atomic mass is 16.4. The molecule has 0 fully saturated rings. The Morgan fingerprint density at radius 3 is 2.62 bits per heavy atom. The van der Waals surface area contributed by atoms with Crippen LogP contribution in [-0.2, 0) is 11.3 Å².